The van der Waals surface area contributed by atoms with Crippen molar-refractivity contribution < 1.29 is 14.7 Å². The number of hydrogen-bond donors (Lipinski definition) is 3. The van der Waals surface area contributed by atoms with Crippen LogP contribution in [-0.2, 0) is 4.79 Å². The van der Waals surface area contributed by atoms with Gasteiger partial charge in [0.05, 0.1) is 6.42 Å². The topological polar surface area (TPSA) is 78.4 Å². The molecule has 5 heteroatoms. The molecule has 3 N–H and O–H groups in total. The molecule has 126 valence electrons. The van der Waals surface area contributed by atoms with Gasteiger partial charge in [0.2, 0.25) is 0 Å². The summed E-state index contributed by atoms with van der Waals surface area (Å²) in [4.78, 5) is 22.5. The molecule has 0 saturated heterocycles. The van der Waals surface area contributed by atoms with Crippen LogP contribution in [0.25, 0.3) is 0 Å². The van der Waals surface area contributed by atoms with E-state index in [-0.39, 0.29) is 31.0 Å². The third kappa shape index (κ3) is 5.12. The molecule has 0 bridgehead atoms. The number of hydrogen-bond acceptors (Lipinski definition) is 2. The molecule has 2 rings (SSSR count). The minimum absolute atomic E-state index is 0.0117. The fraction of sp³-hybridized carbons (Fsp3) is 0.263. The van der Waals surface area contributed by atoms with Crippen LogP contribution in [0.1, 0.15) is 30.4 Å². The molecule has 0 radical (unpaired) electrons. The highest BCUT2D eigenvalue weighted by molar-refractivity contribution is 5.75. The molecule has 1 unspecified atom stereocenters. The van der Waals surface area contributed by atoms with E-state index in [1.54, 1.807) is 0 Å². The van der Waals surface area contributed by atoms with Crippen LogP contribution in [0.3, 0.4) is 0 Å². The normalized spacial score (nSPS) is 11.8. The first kappa shape index (κ1) is 17.5. The number of urea groups is 1. The summed E-state index contributed by atoms with van der Waals surface area (Å²) < 4.78 is 0. The lowest BCUT2D eigenvalue weighted by Gasteiger charge is -2.26. The Morgan fingerprint density at radius 2 is 1.46 bits per heavy atom. The van der Waals surface area contributed by atoms with Crippen molar-refractivity contribution in [1.29, 1.82) is 0 Å². The van der Waals surface area contributed by atoms with Gasteiger partial charge in [0, 0.05) is 18.5 Å². The van der Waals surface area contributed by atoms with Gasteiger partial charge in [-0.05, 0) is 18.1 Å². The fourth-order valence-corrected chi connectivity index (χ4v) is 2.71. The maximum absolute atomic E-state index is 12.0. The van der Waals surface area contributed by atoms with Crippen LogP contribution in [0.5, 0.6) is 0 Å². The minimum atomic E-state index is -0.935. The highest BCUT2D eigenvalue weighted by Gasteiger charge is 2.22. The number of amides is 2. The molecule has 0 aromatic heterocycles. The van der Waals surface area contributed by atoms with Crippen molar-refractivity contribution in [3.63, 3.8) is 0 Å². The summed E-state index contributed by atoms with van der Waals surface area (Å²) in [6.45, 7) is 2.05. The van der Waals surface area contributed by atoms with E-state index >= 15 is 0 Å². The van der Waals surface area contributed by atoms with Crippen molar-refractivity contribution in [2.24, 2.45) is 0 Å². The molecule has 2 amide bonds. The quantitative estimate of drug-likeness (QED) is 0.732. The Hall–Kier alpha value is -2.82. The van der Waals surface area contributed by atoms with Gasteiger partial charge in [-0.15, -0.1) is 0 Å². The van der Waals surface area contributed by atoms with Crippen LogP contribution < -0.4 is 10.6 Å². The lowest BCUT2D eigenvalue weighted by atomic mass is 9.86. The van der Waals surface area contributed by atoms with Crippen LogP contribution >= 0.6 is 0 Å². The van der Waals surface area contributed by atoms with E-state index in [2.05, 4.69) is 10.6 Å². The van der Waals surface area contributed by atoms with Gasteiger partial charge in [-0.1, -0.05) is 60.7 Å². The van der Waals surface area contributed by atoms with Gasteiger partial charge in [0.25, 0.3) is 0 Å². The molecule has 0 saturated carbocycles. The van der Waals surface area contributed by atoms with Gasteiger partial charge >= 0.3 is 12.0 Å². The zero-order valence-corrected chi connectivity index (χ0v) is 13.6. The van der Waals surface area contributed by atoms with Gasteiger partial charge in [-0.2, -0.15) is 0 Å². The summed E-state index contributed by atoms with van der Waals surface area (Å²) in [5, 5.41) is 14.1. The molecule has 24 heavy (non-hydrogen) atoms. The number of carbonyl (C=O) groups excluding carboxylic acids is 1. The van der Waals surface area contributed by atoms with Gasteiger partial charge < -0.3 is 15.7 Å². The summed E-state index contributed by atoms with van der Waals surface area (Å²) >= 11 is 0. The van der Waals surface area contributed by atoms with Crippen molar-refractivity contribution in [2.75, 3.05) is 6.54 Å². The van der Waals surface area contributed by atoms with E-state index in [1.807, 2.05) is 67.6 Å². The lowest BCUT2D eigenvalue weighted by molar-refractivity contribution is -0.136. The number of carboxylic acid groups (broad SMARTS) is 1. The van der Waals surface area contributed by atoms with E-state index in [0.29, 0.717) is 0 Å². The smallest absolute Gasteiger partial charge is 0.315 e. The average molecular weight is 326 g/mol. The molecule has 0 aliphatic heterocycles. The first-order valence-electron chi connectivity index (χ1n) is 7.94. The Kier molecular flexibility index (Phi) is 6.37. The van der Waals surface area contributed by atoms with Crippen LogP contribution in [0.15, 0.2) is 60.7 Å². The van der Waals surface area contributed by atoms with Gasteiger partial charge in [0.15, 0.2) is 0 Å². The predicted molar refractivity (Wildman–Crippen MR) is 93.0 cm³/mol. The summed E-state index contributed by atoms with van der Waals surface area (Å²) in [5.41, 5.74) is 2.23. The Morgan fingerprint density at radius 1 is 0.958 bits per heavy atom. The SMILES string of the molecule is CC(NC(=O)NCCC(=O)O)C(c1ccccc1)c1ccccc1. The van der Waals surface area contributed by atoms with E-state index in [9.17, 15) is 9.59 Å². The molecule has 0 fully saturated rings. The number of nitrogens with one attached hydrogen (secondary N) is 2. The maximum Gasteiger partial charge on any atom is 0.315 e. The standard InChI is InChI=1S/C19H22N2O3/c1-14(21-19(24)20-13-12-17(22)23)18(15-8-4-2-5-9-15)16-10-6-3-7-11-16/h2-11,14,18H,12-13H2,1H3,(H,22,23)(H2,20,21,24). The van der Waals surface area contributed by atoms with Crippen LogP contribution in [0.4, 0.5) is 4.79 Å². The molecular formula is C19H22N2O3. The Labute approximate surface area is 141 Å². The van der Waals surface area contributed by atoms with E-state index in [0.717, 1.165) is 11.1 Å². The predicted octanol–water partition coefficient (Wildman–Crippen LogP) is 2.98. The Morgan fingerprint density at radius 3 is 1.92 bits per heavy atom. The van der Waals surface area contributed by atoms with Crippen molar-refractivity contribution in [2.45, 2.75) is 25.3 Å². The van der Waals surface area contributed by atoms with Crippen molar-refractivity contribution in [1.82, 2.24) is 10.6 Å². The van der Waals surface area contributed by atoms with Crippen LogP contribution in [-0.4, -0.2) is 29.7 Å². The van der Waals surface area contributed by atoms with Crippen LogP contribution in [0.2, 0.25) is 0 Å². The average Bonchev–Trinajstić information content (AvgIpc) is 2.56. The second-order valence-corrected chi connectivity index (χ2v) is 5.63. The van der Waals surface area contributed by atoms with E-state index in [1.165, 1.54) is 0 Å². The molecule has 0 aliphatic rings. The number of carbonyl (C=O) groups is 2. The van der Waals surface area contributed by atoms with E-state index in [4.69, 9.17) is 5.11 Å². The molecule has 0 aliphatic carbocycles. The molecule has 0 spiro atoms. The minimum Gasteiger partial charge on any atom is -0.481 e. The van der Waals surface area contributed by atoms with Gasteiger partial charge in [-0.25, -0.2) is 4.79 Å². The third-order valence-electron chi connectivity index (χ3n) is 3.80. The van der Waals surface area contributed by atoms with Crippen LogP contribution in [0, 0.1) is 0 Å². The first-order chi connectivity index (χ1) is 11.6. The van der Waals surface area contributed by atoms with E-state index < -0.39 is 5.97 Å². The zero-order chi connectivity index (χ0) is 17.4. The summed E-state index contributed by atoms with van der Waals surface area (Å²) in [6, 6.07) is 19.5. The monoisotopic (exact) mass is 326 g/mol. The highest BCUT2D eigenvalue weighted by Crippen LogP contribution is 2.27. The maximum atomic E-state index is 12.0. The molecule has 0 heterocycles. The molecule has 5 nitrogen and oxygen atoms in total. The molecule has 1 atom stereocenters. The molecule has 2 aromatic carbocycles. The highest BCUT2D eigenvalue weighted by atomic mass is 16.4. The van der Waals surface area contributed by atoms with Crippen molar-refractivity contribution >= 4 is 12.0 Å². The zero-order valence-electron chi connectivity index (χ0n) is 13.6. The largest absolute Gasteiger partial charge is 0.481 e. The Balaban J connectivity index is 2.10. The number of carboxylic acids is 1. The second kappa shape index (κ2) is 8.72. The van der Waals surface area contributed by atoms with Crippen molar-refractivity contribution in [3.8, 4) is 0 Å². The Bertz CT molecular complexity index is 619. The number of rotatable bonds is 7. The number of benzene rings is 2. The molecular weight excluding hydrogens is 304 g/mol. The third-order valence-corrected chi connectivity index (χ3v) is 3.80. The number of aliphatic carboxylic acids is 1. The second-order valence-electron chi connectivity index (χ2n) is 5.63. The summed E-state index contributed by atoms with van der Waals surface area (Å²) in [6.07, 6.45) is -0.0946. The fourth-order valence-electron chi connectivity index (χ4n) is 2.71. The summed E-state index contributed by atoms with van der Waals surface area (Å²) in [7, 11) is 0. The first-order valence-corrected chi connectivity index (χ1v) is 7.94. The van der Waals surface area contributed by atoms with Gasteiger partial charge in [-0.3, -0.25) is 4.79 Å². The summed E-state index contributed by atoms with van der Waals surface area (Å²) in [5.74, 6) is -0.924. The van der Waals surface area contributed by atoms with Crippen molar-refractivity contribution in [3.05, 3.63) is 71.8 Å². The lowest BCUT2D eigenvalue weighted by Crippen LogP contribution is -2.44. The van der Waals surface area contributed by atoms with Gasteiger partial charge in [0.1, 0.15) is 0 Å². The molecule has 2 aromatic rings.